The first-order valence-corrected chi connectivity index (χ1v) is 9.45. The van der Waals surface area contributed by atoms with Gasteiger partial charge in [0.05, 0.1) is 11.0 Å². The third kappa shape index (κ3) is 5.06. The molecule has 0 aliphatic carbocycles. The lowest BCUT2D eigenvalue weighted by Gasteiger charge is -2.12. The lowest BCUT2D eigenvalue weighted by molar-refractivity contribution is 0.624. The van der Waals surface area contributed by atoms with E-state index >= 15 is 0 Å². The zero-order valence-corrected chi connectivity index (χ0v) is 16.4. The summed E-state index contributed by atoms with van der Waals surface area (Å²) in [7, 11) is 1.80. The van der Waals surface area contributed by atoms with Gasteiger partial charge >= 0.3 is 0 Å². The number of aryl methyl sites for hydroxylation is 3. The van der Waals surface area contributed by atoms with E-state index in [2.05, 4.69) is 61.4 Å². The van der Waals surface area contributed by atoms with Crippen molar-refractivity contribution in [3.63, 3.8) is 0 Å². The Bertz CT molecular complexity index is 895. The van der Waals surface area contributed by atoms with Gasteiger partial charge in [-0.1, -0.05) is 18.2 Å². The van der Waals surface area contributed by atoms with Crippen molar-refractivity contribution in [1.82, 2.24) is 25.2 Å². The highest BCUT2D eigenvalue weighted by atomic mass is 15.2. The zero-order chi connectivity index (χ0) is 19.1. The molecule has 2 aromatic heterocycles. The van der Waals surface area contributed by atoms with E-state index in [0.717, 1.165) is 55.5 Å². The van der Waals surface area contributed by atoms with Crippen LogP contribution in [0.4, 0.5) is 0 Å². The Labute approximate surface area is 160 Å². The van der Waals surface area contributed by atoms with Gasteiger partial charge in [0.25, 0.3) is 0 Å². The van der Waals surface area contributed by atoms with Gasteiger partial charge in [-0.25, -0.2) is 4.98 Å². The molecule has 0 bridgehead atoms. The number of hydrogen-bond donors (Lipinski definition) is 2. The van der Waals surface area contributed by atoms with Crippen molar-refractivity contribution < 1.29 is 0 Å². The van der Waals surface area contributed by atoms with Crippen molar-refractivity contribution in [1.29, 1.82) is 0 Å². The van der Waals surface area contributed by atoms with E-state index in [1.807, 2.05) is 25.3 Å². The molecule has 0 spiro atoms. The number of aliphatic imine (C=N–C) groups is 1. The predicted molar refractivity (Wildman–Crippen MR) is 111 cm³/mol. The van der Waals surface area contributed by atoms with Gasteiger partial charge in [0.15, 0.2) is 5.96 Å². The normalized spacial score (nSPS) is 11.7. The molecule has 2 N–H and O–H groups in total. The number of nitrogens with zero attached hydrogens (tertiary/aromatic N) is 4. The highest BCUT2D eigenvalue weighted by Crippen LogP contribution is 2.15. The fraction of sp³-hybridized carbons (Fsp3) is 0.381. The van der Waals surface area contributed by atoms with Gasteiger partial charge < -0.3 is 15.2 Å². The van der Waals surface area contributed by atoms with Crippen LogP contribution in [0, 0.1) is 13.8 Å². The number of nitrogens with one attached hydrogen (secondary N) is 2. The minimum atomic E-state index is 0.829. The number of imidazole rings is 1. The summed E-state index contributed by atoms with van der Waals surface area (Å²) >= 11 is 0. The van der Waals surface area contributed by atoms with Crippen LogP contribution in [-0.4, -0.2) is 40.6 Å². The summed E-state index contributed by atoms with van der Waals surface area (Å²) in [6.45, 7) is 6.69. The van der Waals surface area contributed by atoms with E-state index in [9.17, 15) is 0 Å². The highest BCUT2D eigenvalue weighted by molar-refractivity contribution is 5.79. The Morgan fingerprint density at radius 1 is 1.07 bits per heavy atom. The molecule has 0 fully saturated rings. The van der Waals surface area contributed by atoms with E-state index < -0.39 is 0 Å². The van der Waals surface area contributed by atoms with Gasteiger partial charge in [-0.15, -0.1) is 0 Å². The van der Waals surface area contributed by atoms with Crippen molar-refractivity contribution >= 4 is 17.0 Å². The Morgan fingerprint density at radius 3 is 2.67 bits per heavy atom. The van der Waals surface area contributed by atoms with Crippen LogP contribution in [0.5, 0.6) is 0 Å². The Kier molecular flexibility index (Phi) is 6.41. The summed E-state index contributed by atoms with van der Waals surface area (Å²) in [6.07, 6.45) is 3.86. The molecule has 0 aliphatic rings. The van der Waals surface area contributed by atoms with Crippen LogP contribution in [0.25, 0.3) is 11.0 Å². The number of para-hydroxylation sites is 2. The predicted octanol–water partition coefficient (Wildman–Crippen LogP) is 2.85. The van der Waals surface area contributed by atoms with Gasteiger partial charge in [0, 0.05) is 38.6 Å². The second-order valence-electron chi connectivity index (χ2n) is 6.64. The van der Waals surface area contributed by atoms with E-state index in [4.69, 9.17) is 0 Å². The van der Waals surface area contributed by atoms with Crippen molar-refractivity contribution in [2.75, 3.05) is 20.1 Å². The highest BCUT2D eigenvalue weighted by Gasteiger charge is 2.06. The van der Waals surface area contributed by atoms with Crippen molar-refractivity contribution in [2.24, 2.45) is 4.99 Å². The molecule has 27 heavy (non-hydrogen) atoms. The first-order valence-electron chi connectivity index (χ1n) is 9.45. The van der Waals surface area contributed by atoms with E-state index in [-0.39, 0.29) is 0 Å². The van der Waals surface area contributed by atoms with Crippen LogP contribution in [-0.2, 0) is 13.0 Å². The number of fused-ring (bicyclic) bond motifs is 1. The van der Waals surface area contributed by atoms with E-state index in [1.165, 1.54) is 11.1 Å². The SMILES string of the molecule is CN=C(NCCCn1c(C)nc2ccccc21)NCCc1ccc(C)nc1. The molecule has 0 radical (unpaired) electrons. The standard InChI is InChI=1S/C21H28N6/c1-16-9-10-18(15-25-16)11-13-24-21(22-3)23-12-6-14-27-17(2)26-19-7-4-5-8-20(19)27/h4-5,7-10,15H,6,11-14H2,1-3H3,(H2,22,23,24). The smallest absolute Gasteiger partial charge is 0.190 e. The molecule has 3 aromatic rings. The maximum Gasteiger partial charge on any atom is 0.190 e. The molecule has 0 atom stereocenters. The molecular weight excluding hydrogens is 336 g/mol. The summed E-state index contributed by atoms with van der Waals surface area (Å²) in [4.78, 5) is 13.2. The second-order valence-corrected chi connectivity index (χ2v) is 6.64. The average molecular weight is 364 g/mol. The summed E-state index contributed by atoms with van der Waals surface area (Å²) in [5.41, 5.74) is 4.53. The largest absolute Gasteiger partial charge is 0.356 e. The second kappa shape index (κ2) is 9.16. The molecule has 0 saturated heterocycles. The van der Waals surface area contributed by atoms with Crippen LogP contribution in [0.1, 0.15) is 23.5 Å². The summed E-state index contributed by atoms with van der Waals surface area (Å²) in [5, 5.41) is 6.74. The summed E-state index contributed by atoms with van der Waals surface area (Å²) < 4.78 is 2.28. The monoisotopic (exact) mass is 364 g/mol. The van der Waals surface area contributed by atoms with E-state index in [0.29, 0.717) is 0 Å². The lowest BCUT2D eigenvalue weighted by Crippen LogP contribution is -2.39. The third-order valence-corrected chi connectivity index (χ3v) is 4.60. The quantitative estimate of drug-likeness (QED) is 0.384. The number of benzene rings is 1. The Balaban J connectivity index is 1.42. The van der Waals surface area contributed by atoms with Crippen LogP contribution in [0.2, 0.25) is 0 Å². The van der Waals surface area contributed by atoms with Crippen LogP contribution < -0.4 is 10.6 Å². The molecule has 6 nitrogen and oxygen atoms in total. The topological polar surface area (TPSA) is 67.1 Å². The summed E-state index contributed by atoms with van der Waals surface area (Å²) in [5.74, 6) is 1.90. The molecule has 3 rings (SSSR count). The Hall–Kier alpha value is -2.89. The van der Waals surface area contributed by atoms with Crippen molar-refractivity contribution in [2.45, 2.75) is 33.2 Å². The van der Waals surface area contributed by atoms with Crippen LogP contribution in [0.15, 0.2) is 47.6 Å². The molecule has 0 saturated carbocycles. The van der Waals surface area contributed by atoms with Gasteiger partial charge in [0.2, 0.25) is 0 Å². The first kappa shape index (κ1) is 18.9. The van der Waals surface area contributed by atoms with Crippen LogP contribution >= 0.6 is 0 Å². The number of aromatic nitrogens is 3. The van der Waals surface area contributed by atoms with Gasteiger partial charge in [-0.05, 0) is 50.5 Å². The zero-order valence-electron chi connectivity index (χ0n) is 16.4. The minimum absolute atomic E-state index is 0.829. The number of hydrogen-bond acceptors (Lipinski definition) is 3. The van der Waals surface area contributed by atoms with Crippen molar-refractivity contribution in [3.8, 4) is 0 Å². The summed E-state index contributed by atoms with van der Waals surface area (Å²) in [6, 6.07) is 12.5. The number of rotatable bonds is 7. The minimum Gasteiger partial charge on any atom is -0.356 e. The number of pyridine rings is 1. The molecule has 1 aromatic carbocycles. The molecule has 6 heteroatoms. The van der Waals surface area contributed by atoms with Crippen molar-refractivity contribution in [3.05, 3.63) is 59.7 Å². The average Bonchev–Trinajstić information content (AvgIpc) is 3.00. The number of guanidine groups is 1. The van der Waals surface area contributed by atoms with Gasteiger partial charge in [0.1, 0.15) is 5.82 Å². The maximum atomic E-state index is 4.62. The molecular formula is C21H28N6. The molecule has 0 unspecified atom stereocenters. The molecule has 142 valence electrons. The fourth-order valence-electron chi connectivity index (χ4n) is 3.11. The maximum absolute atomic E-state index is 4.62. The molecule has 2 heterocycles. The first-order chi connectivity index (χ1) is 13.2. The van der Waals surface area contributed by atoms with E-state index in [1.54, 1.807) is 7.05 Å². The lowest BCUT2D eigenvalue weighted by atomic mass is 10.2. The Morgan fingerprint density at radius 2 is 1.89 bits per heavy atom. The fourth-order valence-corrected chi connectivity index (χ4v) is 3.11. The van der Waals surface area contributed by atoms with Gasteiger partial charge in [-0.2, -0.15) is 0 Å². The van der Waals surface area contributed by atoms with Gasteiger partial charge in [-0.3, -0.25) is 9.98 Å². The molecule has 0 aliphatic heterocycles. The van der Waals surface area contributed by atoms with Crippen LogP contribution in [0.3, 0.4) is 0 Å². The molecule has 0 amide bonds. The third-order valence-electron chi connectivity index (χ3n) is 4.60.